The molecule has 1 saturated carbocycles. The predicted octanol–water partition coefficient (Wildman–Crippen LogP) is 0.395. The maximum absolute atomic E-state index is 11.6. The van der Waals surface area contributed by atoms with E-state index in [1.54, 1.807) is 14.1 Å². The minimum absolute atomic E-state index is 0.284. The van der Waals surface area contributed by atoms with Crippen molar-refractivity contribution < 1.29 is 8.42 Å². The summed E-state index contributed by atoms with van der Waals surface area (Å²) in [6, 6.07) is 0.285. The third kappa shape index (κ3) is 3.22. The Morgan fingerprint density at radius 3 is 2.14 bits per heavy atom. The van der Waals surface area contributed by atoms with Crippen molar-refractivity contribution in [1.82, 2.24) is 4.31 Å². The second-order valence-electron chi connectivity index (χ2n) is 4.34. The average molecular weight is 220 g/mol. The highest BCUT2D eigenvalue weighted by atomic mass is 32.2. The molecule has 1 fully saturated rings. The monoisotopic (exact) mass is 220 g/mol. The Morgan fingerprint density at radius 2 is 1.71 bits per heavy atom. The van der Waals surface area contributed by atoms with E-state index in [1.165, 1.54) is 4.31 Å². The van der Waals surface area contributed by atoms with Crippen molar-refractivity contribution in [3.8, 4) is 0 Å². The van der Waals surface area contributed by atoms with Gasteiger partial charge in [-0.15, -0.1) is 0 Å². The van der Waals surface area contributed by atoms with Crippen molar-refractivity contribution in [2.75, 3.05) is 19.8 Å². The summed E-state index contributed by atoms with van der Waals surface area (Å²) in [6.07, 6.45) is 3.84. The number of hydrogen-bond acceptors (Lipinski definition) is 3. The molecule has 2 N–H and O–H groups in total. The minimum atomic E-state index is -3.02. The van der Waals surface area contributed by atoms with E-state index in [-0.39, 0.29) is 11.8 Å². The van der Waals surface area contributed by atoms with Gasteiger partial charge in [-0.3, -0.25) is 0 Å². The molecule has 0 heterocycles. The van der Waals surface area contributed by atoms with Gasteiger partial charge in [-0.25, -0.2) is 12.7 Å². The van der Waals surface area contributed by atoms with E-state index in [0.717, 1.165) is 25.7 Å². The Bertz CT molecular complexity index is 267. The number of rotatable bonds is 3. The van der Waals surface area contributed by atoms with Crippen molar-refractivity contribution >= 4 is 10.0 Å². The van der Waals surface area contributed by atoms with Gasteiger partial charge < -0.3 is 5.73 Å². The van der Waals surface area contributed by atoms with Crippen LogP contribution in [-0.4, -0.2) is 38.6 Å². The van der Waals surface area contributed by atoms with Crippen LogP contribution in [0.25, 0.3) is 0 Å². The Morgan fingerprint density at radius 1 is 1.21 bits per heavy atom. The van der Waals surface area contributed by atoms with Crippen LogP contribution in [0.3, 0.4) is 0 Å². The number of hydrogen-bond donors (Lipinski definition) is 1. The second kappa shape index (κ2) is 4.59. The molecule has 0 saturated heterocycles. The second-order valence-corrected chi connectivity index (χ2v) is 6.57. The lowest BCUT2D eigenvalue weighted by atomic mass is 9.88. The van der Waals surface area contributed by atoms with Gasteiger partial charge in [-0.2, -0.15) is 0 Å². The van der Waals surface area contributed by atoms with E-state index < -0.39 is 10.0 Å². The molecular formula is C9H20N2O2S. The Labute approximate surface area is 86.5 Å². The van der Waals surface area contributed by atoms with Gasteiger partial charge in [0.05, 0.1) is 5.75 Å². The molecule has 5 heteroatoms. The smallest absolute Gasteiger partial charge is 0.213 e. The molecule has 84 valence electrons. The van der Waals surface area contributed by atoms with Crippen molar-refractivity contribution in [2.45, 2.75) is 31.7 Å². The van der Waals surface area contributed by atoms with E-state index in [9.17, 15) is 8.42 Å². The normalized spacial score (nSPS) is 29.4. The molecule has 0 aliphatic heterocycles. The van der Waals surface area contributed by atoms with Crippen LogP contribution < -0.4 is 5.73 Å². The van der Waals surface area contributed by atoms with E-state index in [4.69, 9.17) is 5.73 Å². The SMILES string of the molecule is CN(C)S(=O)(=O)C[C@H]1CC[C@H](N)CC1. The molecule has 1 aliphatic rings. The molecule has 0 amide bonds. The maximum Gasteiger partial charge on any atom is 0.213 e. The molecule has 0 radical (unpaired) electrons. The zero-order chi connectivity index (χ0) is 10.8. The van der Waals surface area contributed by atoms with Gasteiger partial charge in [0.1, 0.15) is 0 Å². The molecule has 4 nitrogen and oxygen atoms in total. The molecule has 1 rings (SSSR count). The van der Waals surface area contributed by atoms with Crippen LogP contribution in [0, 0.1) is 5.92 Å². The molecule has 0 atom stereocenters. The van der Waals surface area contributed by atoms with Gasteiger partial charge in [0.2, 0.25) is 10.0 Å². The topological polar surface area (TPSA) is 63.4 Å². The van der Waals surface area contributed by atoms with Crippen molar-refractivity contribution in [3.05, 3.63) is 0 Å². The fourth-order valence-electron chi connectivity index (χ4n) is 1.80. The highest BCUT2D eigenvalue weighted by molar-refractivity contribution is 7.89. The molecule has 0 bridgehead atoms. The maximum atomic E-state index is 11.6. The molecule has 0 aromatic carbocycles. The largest absolute Gasteiger partial charge is 0.328 e. The lowest BCUT2D eigenvalue weighted by molar-refractivity contribution is 0.345. The number of nitrogens with zero attached hydrogens (tertiary/aromatic N) is 1. The minimum Gasteiger partial charge on any atom is -0.328 e. The molecule has 1 aliphatic carbocycles. The fraction of sp³-hybridized carbons (Fsp3) is 1.00. The van der Waals surface area contributed by atoms with Crippen LogP contribution in [0.1, 0.15) is 25.7 Å². The molecule has 14 heavy (non-hydrogen) atoms. The highest BCUT2D eigenvalue weighted by Crippen LogP contribution is 2.24. The zero-order valence-electron chi connectivity index (χ0n) is 8.94. The van der Waals surface area contributed by atoms with Crippen LogP contribution in [-0.2, 0) is 10.0 Å². The van der Waals surface area contributed by atoms with Crippen molar-refractivity contribution in [1.29, 1.82) is 0 Å². The summed E-state index contributed by atoms with van der Waals surface area (Å²) in [5.41, 5.74) is 5.76. The first-order chi connectivity index (χ1) is 6.42. The molecular weight excluding hydrogens is 200 g/mol. The van der Waals surface area contributed by atoms with Gasteiger partial charge in [0.15, 0.2) is 0 Å². The van der Waals surface area contributed by atoms with Gasteiger partial charge >= 0.3 is 0 Å². The number of nitrogens with two attached hydrogens (primary N) is 1. The molecule has 0 spiro atoms. The zero-order valence-corrected chi connectivity index (χ0v) is 9.76. The molecule has 0 aromatic rings. The molecule has 0 aromatic heterocycles. The van der Waals surface area contributed by atoms with Crippen LogP contribution in [0.4, 0.5) is 0 Å². The lowest BCUT2D eigenvalue weighted by Gasteiger charge is -2.26. The average Bonchev–Trinajstić information content (AvgIpc) is 2.08. The fourth-order valence-corrected chi connectivity index (χ4v) is 3.03. The van der Waals surface area contributed by atoms with Crippen molar-refractivity contribution in [3.63, 3.8) is 0 Å². The first kappa shape index (κ1) is 11.9. The first-order valence-electron chi connectivity index (χ1n) is 5.07. The van der Waals surface area contributed by atoms with E-state index in [1.807, 2.05) is 0 Å². The van der Waals surface area contributed by atoms with Crippen LogP contribution in [0.15, 0.2) is 0 Å². The number of sulfonamides is 1. The van der Waals surface area contributed by atoms with Crippen molar-refractivity contribution in [2.24, 2.45) is 11.7 Å². The van der Waals surface area contributed by atoms with E-state index in [2.05, 4.69) is 0 Å². The van der Waals surface area contributed by atoms with Crippen LogP contribution in [0.5, 0.6) is 0 Å². The summed E-state index contributed by atoms with van der Waals surface area (Å²) in [6.45, 7) is 0. The standard InChI is InChI=1S/C9H20N2O2S/c1-11(2)14(12,13)7-8-3-5-9(10)6-4-8/h8-9H,3-7,10H2,1-2H3/t8-,9-. The van der Waals surface area contributed by atoms with Crippen LogP contribution in [0.2, 0.25) is 0 Å². The summed E-state index contributed by atoms with van der Waals surface area (Å²) in [5.74, 6) is 0.592. The third-order valence-electron chi connectivity index (χ3n) is 2.89. The lowest BCUT2D eigenvalue weighted by Crippen LogP contribution is -2.33. The van der Waals surface area contributed by atoms with Gasteiger partial charge in [-0.05, 0) is 31.6 Å². The summed E-state index contributed by atoms with van der Waals surface area (Å²) < 4.78 is 24.5. The van der Waals surface area contributed by atoms with Gasteiger partial charge in [0, 0.05) is 20.1 Å². The van der Waals surface area contributed by atoms with Gasteiger partial charge in [-0.1, -0.05) is 0 Å². The quantitative estimate of drug-likeness (QED) is 0.748. The Hall–Kier alpha value is -0.130. The summed E-state index contributed by atoms with van der Waals surface area (Å²) >= 11 is 0. The summed E-state index contributed by atoms with van der Waals surface area (Å²) in [4.78, 5) is 0. The van der Waals surface area contributed by atoms with E-state index in [0.29, 0.717) is 5.92 Å². The summed E-state index contributed by atoms with van der Waals surface area (Å²) in [5, 5.41) is 0. The predicted molar refractivity (Wildman–Crippen MR) is 57.4 cm³/mol. The Balaban J connectivity index is 2.46. The third-order valence-corrected chi connectivity index (χ3v) is 4.90. The van der Waals surface area contributed by atoms with Crippen LogP contribution >= 0.6 is 0 Å². The first-order valence-corrected chi connectivity index (χ1v) is 6.68. The summed E-state index contributed by atoms with van der Waals surface area (Å²) in [7, 11) is 0.152. The van der Waals surface area contributed by atoms with Gasteiger partial charge in [0.25, 0.3) is 0 Å². The Kier molecular flexibility index (Phi) is 3.92. The van der Waals surface area contributed by atoms with E-state index >= 15 is 0 Å². The molecule has 0 unspecified atom stereocenters. The highest BCUT2D eigenvalue weighted by Gasteiger charge is 2.25.